The Hall–Kier alpha value is -1.02. The van der Waals surface area contributed by atoms with Crippen LogP contribution in [-0.2, 0) is 0 Å². The second-order valence-electron chi connectivity index (χ2n) is 3.44. The average molecular weight is 211 g/mol. The molecule has 1 aliphatic rings. The SMILES string of the molecule is Cc1ccc(Cl)c2c1C(=O)CCCO2. The monoisotopic (exact) mass is 210 g/mol. The van der Waals surface area contributed by atoms with Gasteiger partial charge in [0.15, 0.2) is 5.78 Å². The van der Waals surface area contributed by atoms with Crippen molar-refractivity contribution in [1.82, 2.24) is 0 Å². The molecule has 0 aromatic heterocycles. The van der Waals surface area contributed by atoms with E-state index in [9.17, 15) is 4.79 Å². The molecule has 0 radical (unpaired) electrons. The Bertz CT molecular complexity index is 385. The number of hydrogen-bond acceptors (Lipinski definition) is 2. The summed E-state index contributed by atoms with van der Waals surface area (Å²) in [5.74, 6) is 0.701. The highest BCUT2D eigenvalue weighted by Crippen LogP contribution is 2.34. The maximum absolute atomic E-state index is 11.7. The molecule has 0 saturated heterocycles. The van der Waals surface area contributed by atoms with Gasteiger partial charge in [0, 0.05) is 6.42 Å². The molecule has 0 unspecified atom stereocenters. The van der Waals surface area contributed by atoms with Gasteiger partial charge < -0.3 is 4.74 Å². The van der Waals surface area contributed by atoms with Gasteiger partial charge in [0.05, 0.1) is 17.2 Å². The van der Waals surface area contributed by atoms with Crippen molar-refractivity contribution in [3.8, 4) is 5.75 Å². The minimum Gasteiger partial charge on any atom is -0.491 e. The highest BCUT2D eigenvalue weighted by Gasteiger charge is 2.20. The third-order valence-corrected chi connectivity index (χ3v) is 2.69. The van der Waals surface area contributed by atoms with Gasteiger partial charge >= 0.3 is 0 Å². The van der Waals surface area contributed by atoms with E-state index in [2.05, 4.69) is 0 Å². The van der Waals surface area contributed by atoms with Gasteiger partial charge in [-0.25, -0.2) is 0 Å². The maximum Gasteiger partial charge on any atom is 0.167 e. The van der Waals surface area contributed by atoms with Crippen molar-refractivity contribution >= 4 is 17.4 Å². The van der Waals surface area contributed by atoms with E-state index in [-0.39, 0.29) is 5.78 Å². The Morgan fingerprint density at radius 1 is 1.43 bits per heavy atom. The number of ether oxygens (including phenoxy) is 1. The Balaban J connectivity index is 2.62. The highest BCUT2D eigenvalue weighted by atomic mass is 35.5. The second kappa shape index (κ2) is 3.62. The molecule has 0 amide bonds. The Morgan fingerprint density at radius 2 is 2.21 bits per heavy atom. The summed E-state index contributed by atoms with van der Waals surface area (Å²) in [5.41, 5.74) is 1.60. The number of fused-ring (bicyclic) bond motifs is 1. The lowest BCUT2D eigenvalue weighted by Gasteiger charge is -2.10. The van der Waals surface area contributed by atoms with E-state index in [4.69, 9.17) is 16.3 Å². The molecule has 1 aliphatic heterocycles. The van der Waals surface area contributed by atoms with Crippen molar-refractivity contribution in [3.63, 3.8) is 0 Å². The van der Waals surface area contributed by atoms with Gasteiger partial charge in [-0.05, 0) is 25.0 Å². The molecule has 2 rings (SSSR count). The summed E-state index contributed by atoms with van der Waals surface area (Å²) in [6.45, 7) is 2.48. The first-order chi connectivity index (χ1) is 6.70. The third-order valence-electron chi connectivity index (χ3n) is 2.39. The van der Waals surface area contributed by atoms with Crippen LogP contribution < -0.4 is 4.74 Å². The fourth-order valence-electron chi connectivity index (χ4n) is 1.68. The predicted molar refractivity (Wildman–Crippen MR) is 55.2 cm³/mol. The number of carbonyl (C=O) groups excluding carboxylic acids is 1. The number of Topliss-reactive ketones (excluding diaryl/α,β-unsaturated/α-hetero) is 1. The molecule has 3 heteroatoms. The largest absolute Gasteiger partial charge is 0.491 e. The quantitative estimate of drug-likeness (QED) is 0.658. The van der Waals surface area contributed by atoms with Gasteiger partial charge in [0.2, 0.25) is 0 Å². The molecule has 0 aliphatic carbocycles. The van der Waals surface area contributed by atoms with Crippen molar-refractivity contribution in [3.05, 3.63) is 28.3 Å². The van der Waals surface area contributed by atoms with E-state index in [1.54, 1.807) is 6.07 Å². The van der Waals surface area contributed by atoms with Gasteiger partial charge in [0.1, 0.15) is 5.75 Å². The molecule has 0 saturated carbocycles. The van der Waals surface area contributed by atoms with Crippen LogP contribution in [0.5, 0.6) is 5.75 Å². The standard InChI is InChI=1S/C11H11ClO2/c1-7-4-5-8(12)11-10(7)9(13)3-2-6-14-11/h4-5H,2-3,6H2,1H3. The van der Waals surface area contributed by atoms with Gasteiger partial charge in [-0.2, -0.15) is 0 Å². The molecule has 0 bridgehead atoms. The minimum absolute atomic E-state index is 0.137. The Morgan fingerprint density at radius 3 is 3.00 bits per heavy atom. The van der Waals surface area contributed by atoms with E-state index in [1.807, 2.05) is 13.0 Å². The fourth-order valence-corrected chi connectivity index (χ4v) is 1.89. The third kappa shape index (κ3) is 1.50. The number of benzene rings is 1. The number of aryl methyl sites for hydroxylation is 1. The summed E-state index contributed by atoms with van der Waals surface area (Å²) in [4.78, 5) is 11.7. The van der Waals surface area contributed by atoms with Crippen LogP contribution in [-0.4, -0.2) is 12.4 Å². The number of rotatable bonds is 0. The Kier molecular flexibility index (Phi) is 2.46. The van der Waals surface area contributed by atoms with Crippen LogP contribution in [0.1, 0.15) is 28.8 Å². The van der Waals surface area contributed by atoms with Gasteiger partial charge in [-0.3, -0.25) is 4.79 Å². The van der Waals surface area contributed by atoms with Crippen molar-refractivity contribution in [2.24, 2.45) is 0 Å². The fraction of sp³-hybridized carbons (Fsp3) is 0.364. The van der Waals surface area contributed by atoms with Crippen molar-refractivity contribution in [1.29, 1.82) is 0 Å². The van der Waals surface area contributed by atoms with E-state index in [0.29, 0.717) is 29.4 Å². The molecule has 2 nitrogen and oxygen atoms in total. The van der Waals surface area contributed by atoms with Crippen molar-refractivity contribution in [2.75, 3.05) is 6.61 Å². The second-order valence-corrected chi connectivity index (χ2v) is 3.85. The maximum atomic E-state index is 11.7. The van der Waals surface area contributed by atoms with Crippen LogP contribution in [0.3, 0.4) is 0 Å². The number of hydrogen-bond donors (Lipinski definition) is 0. The van der Waals surface area contributed by atoms with E-state index < -0.39 is 0 Å². The van der Waals surface area contributed by atoms with Crippen LogP contribution in [0.25, 0.3) is 0 Å². The highest BCUT2D eigenvalue weighted by molar-refractivity contribution is 6.32. The summed E-state index contributed by atoms with van der Waals surface area (Å²) in [6, 6.07) is 3.63. The molecule has 0 fully saturated rings. The average Bonchev–Trinajstić information content (AvgIpc) is 2.35. The van der Waals surface area contributed by atoms with Crippen LogP contribution in [0.2, 0.25) is 5.02 Å². The zero-order chi connectivity index (χ0) is 10.1. The molecule has 1 aromatic rings. The minimum atomic E-state index is 0.137. The molecule has 1 heterocycles. The first kappa shape index (κ1) is 9.53. The van der Waals surface area contributed by atoms with Crippen LogP contribution in [0.15, 0.2) is 12.1 Å². The first-order valence-electron chi connectivity index (χ1n) is 4.65. The number of carbonyl (C=O) groups is 1. The lowest BCUT2D eigenvalue weighted by molar-refractivity contribution is 0.0982. The molecular weight excluding hydrogens is 200 g/mol. The smallest absolute Gasteiger partial charge is 0.167 e. The molecule has 14 heavy (non-hydrogen) atoms. The number of ketones is 1. The van der Waals surface area contributed by atoms with Crippen LogP contribution >= 0.6 is 11.6 Å². The Labute approximate surface area is 87.8 Å². The molecule has 0 spiro atoms. The summed E-state index contributed by atoms with van der Waals surface area (Å²) >= 11 is 5.97. The van der Waals surface area contributed by atoms with Crippen molar-refractivity contribution < 1.29 is 9.53 Å². The molecule has 74 valence electrons. The molecule has 0 atom stereocenters. The van der Waals surface area contributed by atoms with Gasteiger partial charge in [-0.15, -0.1) is 0 Å². The van der Waals surface area contributed by atoms with Crippen LogP contribution in [0.4, 0.5) is 0 Å². The topological polar surface area (TPSA) is 26.3 Å². The van der Waals surface area contributed by atoms with Gasteiger partial charge in [0.25, 0.3) is 0 Å². The summed E-state index contributed by atoms with van der Waals surface area (Å²) < 4.78 is 5.48. The summed E-state index contributed by atoms with van der Waals surface area (Å²) in [6.07, 6.45) is 1.32. The summed E-state index contributed by atoms with van der Waals surface area (Å²) in [5, 5.41) is 0.529. The molecular formula is C11H11ClO2. The summed E-state index contributed by atoms with van der Waals surface area (Å²) in [7, 11) is 0. The number of halogens is 1. The normalized spacial score (nSPS) is 15.7. The molecule has 0 N–H and O–H groups in total. The van der Waals surface area contributed by atoms with Gasteiger partial charge in [-0.1, -0.05) is 17.7 Å². The van der Waals surface area contributed by atoms with Crippen molar-refractivity contribution in [2.45, 2.75) is 19.8 Å². The zero-order valence-corrected chi connectivity index (χ0v) is 8.73. The lowest BCUT2D eigenvalue weighted by atomic mass is 10.0. The predicted octanol–water partition coefficient (Wildman–Crippen LogP) is 3.00. The first-order valence-corrected chi connectivity index (χ1v) is 5.03. The van der Waals surface area contributed by atoms with E-state index in [0.717, 1.165) is 12.0 Å². The lowest BCUT2D eigenvalue weighted by Crippen LogP contribution is -2.01. The van der Waals surface area contributed by atoms with Crippen LogP contribution in [0, 0.1) is 6.92 Å². The van der Waals surface area contributed by atoms with E-state index >= 15 is 0 Å². The molecule has 1 aromatic carbocycles. The zero-order valence-electron chi connectivity index (χ0n) is 7.97. The van der Waals surface area contributed by atoms with E-state index in [1.165, 1.54) is 0 Å².